The van der Waals surface area contributed by atoms with E-state index >= 15 is 0 Å². The molecule has 0 spiro atoms. The lowest BCUT2D eigenvalue weighted by Gasteiger charge is -2.02. The molecule has 19 heavy (non-hydrogen) atoms. The molecule has 0 saturated heterocycles. The molecule has 0 bridgehead atoms. The van der Waals surface area contributed by atoms with E-state index in [2.05, 4.69) is 24.0 Å². The minimum Gasteiger partial charge on any atom is -0.399 e. The topological polar surface area (TPSA) is 64.9 Å². The van der Waals surface area contributed by atoms with Gasteiger partial charge in [-0.05, 0) is 24.1 Å². The van der Waals surface area contributed by atoms with Crippen LogP contribution in [-0.2, 0) is 12.2 Å². The predicted molar refractivity (Wildman–Crippen MR) is 78.3 cm³/mol. The highest BCUT2D eigenvalue weighted by atomic mass is 35.5. The largest absolute Gasteiger partial charge is 0.399 e. The zero-order chi connectivity index (χ0) is 13.8. The van der Waals surface area contributed by atoms with Gasteiger partial charge in [0.25, 0.3) is 0 Å². The number of nitrogens with zero attached hydrogens (tertiary/aromatic N) is 2. The Morgan fingerprint density at radius 1 is 1.42 bits per heavy atom. The van der Waals surface area contributed by atoms with Crippen LogP contribution in [0.1, 0.15) is 25.6 Å². The van der Waals surface area contributed by atoms with Crippen molar-refractivity contribution in [2.45, 2.75) is 30.9 Å². The van der Waals surface area contributed by atoms with Crippen molar-refractivity contribution in [2.75, 3.05) is 5.73 Å². The number of hydrogen-bond donors (Lipinski definition) is 1. The van der Waals surface area contributed by atoms with E-state index in [0.29, 0.717) is 28.3 Å². The SMILES string of the molecule is CC(C)Cc1noc(CSc2cc(N)ccc2Cl)n1. The second-order valence-corrected chi connectivity index (χ2v) is 6.11. The van der Waals surface area contributed by atoms with Crippen LogP contribution in [0.15, 0.2) is 27.6 Å². The summed E-state index contributed by atoms with van der Waals surface area (Å²) in [6.07, 6.45) is 0.827. The lowest BCUT2D eigenvalue weighted by Crippen LogP contribution is -1.96. The van der Waals surface area contributed by atoms with Gasteiger partial charge in [0, 0.05) is 17.0 Å². The maximum atomic E-state index is 6.09. The van der Waals surface area contributed by atoms with Gasteiger partial charge in [-0.2, -0.15) is 4.98 Å². The van der Waals surface area contributed by atoms with E-state index in [1.165, 1.54) is 11.8 Å². The summed E-state index contributed by atoms with van der Waals surface area (Å²) in [5.41, 5.74) is 6.42. The highest BCUT2D eigenvalue weighted by molar-refractivity contribution is 7.98. The smallest absolute Gasteiger partial charge is 0.237 e. The molecule has 1 aromatic heterocycles. The van der Waals surface area contributed by atoms with Gasteiger partial charge in [0.1, 0.15) is 0 Å². The molecule has 1 aromatic carbocycles. The fourth-order valence-corrected chi connectivity index (χ4v) is 2.67. The van der Waals surface area contributed by atoms with Crippen molar-refractivity contribution in [2.24, 2.45) is 5.92 Å². The van der Waals surface area contributed by atoms with Crippen LogP contribution in [0.3, 0.4) is 0 Å². The van der Waals surface area contributed by atoms with Gasteiger partial charge in [0.15, 0.2) is 5.82 Å². The second-order valence-electron chi connectivity index (χ2n) is 4.68. The monoisotopic (exact) mass is 297 g/mol. The van der Waals surface area contributed by atoms with Crippen LogP contribution in [0.2, 0.25) is 5.02 Å². The lowest BCUT2D eigenvalue weighted by molar-refractivity contribution is 0.382. The molecule has 2 aromatic rings. The molecule has 0 radical (unpaired) electrons. The van der Waals surface area contributed by atoms with Crippen LogP contribution in [0.5, 0.6) is 0 Å². The first kappa shape index (κ1) is 14.2. The van der Waals surface area contributed by atoms with Crippen LogP contribution in [0.25, 0.3) is 0 Å². The Kier molecular flexibility index (Phi) is 4.71. The minimum atomic E-state index is 0.515. The molecule has 102 valence electrons. The van der Waals surface area contributed by atoms with Crippen molar-refractivity contribution in [3.05, 3.63) is 34.9 Å². The third-order valence-corrected chi connectivity index (χ3v) is 3.89. The number of nitrogen functional groups attached to an aromatic ring is 1. The van der Waals surface area contributed by atoms with Crippen molar-refractivity contribution in [3.8, 4) is 0 Å². The molecular weight excluding hydrogens is 282 g/mol. The van der Waals surface area contributed by atoms with Gasteiger partial charge in [-0.1, -0.05) is 30.6 Å². The Balaban J connectivity index is 1.98. The summed E-state index contributed by atoms with van der Waals surface area (Å²) in [5.74, 6) is 2.47. The third-order valence-electron chi connectivity index (χ3n) is 2.41. The van der Waals surface area contributed by atoms with Gasteiger partial charge in [-0.3, -0.25) is 0 Å². The van der Waals surface area contributed by atoms with E-state index in [9.17, 15) is 0 Å². The van der Waals surface area contributed by atoms with Crippen molar-refractivity contribution in [3.63, 3.8) is 0 Å². The van der Waals surface area contributed by atoms with Crippen molar-refractivity contribution < 1.29 is 4.52 Å². The van der Waals surface area contributed by atoms with Crippen molar-refractivity contribution in [1.29, 1.82) is 0 Å². The Bertz CT molecular complexity index is 557. The molecule has 6 heteroatoms. The van der Waals surface area contributed by atoms with Crippen LogP contribution in [0, 0.1) is 5.92 Å². The van der Waals surface area contributed by atoms with Crippen LogP contribution in [0.4, 0.5) is 5.69 Å². The number of rotatable bonds is 5. The van der Waals surface area contributed by atoms with E-state index in [4.69, 9.17) is 21.9 Å². The van der Waals surface area contributed by atoms with E-state index < -0.39 is 0 Å². The first-order valence-corrected chi connectivity index (χ1v) is 7.40. The molecule has 0 aliphatic carbocycles. The maximum absolute atomic E-state index is 6.09. The molecule has 1 heterocycles. The summed E-state index contributed by atoms with van der Waals surface area (Å²) in [7, 11) is 0. The molecule has 0 aliphatic heterocycles. The van der Waals surface area contributed by atoms with Gasteiger partial charge in [0.05, 0.1) is 10.8 Å². The summed E-state index contributed by atoms with van der Waals surface area (Å²) < 4.78 is 5.20. The van der Waals surface area contributed by atoms with E-state index in [-0.39, 0.29) is 0 Å². The fourth-order valence-electron chi connectivity index (χ4n) is 1.57. The second kappa shape index (κ2) is 6.30. The summed E-state index contributed by atoms with van der Waals surface area (Å²) in [6.45, 7) is 4.24. The Morgan fingerprint density at radius 2 is 2.21 bits per heavy atom. The van der Waals surface area contributed by atoms with Gasteiger partial charge in [-0.25, -0.2) is 0 Å². The Morgan fingerprint density at radius 3 is 2.95 bits per heavy atom. The molecule has 0 atom stereocenters. The summed E-state index contributed by atoms with van der Waals surface area (Å²) in [4.78, 5) is 5.27. The first-order chi connectivity index (χ1) is 9.04. The van der Waals surface area contributed by atoms with Gasteiger partial charge >= 0.3 is 0 Å². The number of anilines is 1. The molecule has 0 unspecified atom stereocenters. The van der Waals surface area contributed by atoms with Crippen molar-refractivity contribution in [1.82, 2.24) is 10.1 Å². The molecule has 0 saturated carbocycles. The zero-order valence-corrected chi connectivity index (χ0v) is 12.5. The van der Waals surface area contributed by atoms with E-state index in [0.717, 1.165) is 17.1 Å². The number of halogens is 1. The highest BCUT2D eigenvalue weighted by Gasteiger charge is 2.09. The molecule has 2 N–H and O–H groups in total. The summed E-state index contributed by atoms with van der Waals surface area (Å²) in [5, 5.41) is 4.63. The Hall–Kier alpha value is -1.20. The number of benzene rings is 1. The minimum absolute atomic E-state index is 0.515. The molecule has 4 nitrogen and oxygen atoms in total. The highest BCUT2D eigenvalue weighted by Crippen LogP contribution is 2.31. The average molecular weight is 298 g/mol. The van der Waals surface area contributed by atoms with Gasteiger partial charge in [-0.15, -0.1) is 11.8 Å². The van der Waals surface area contributed by atoms with Crippen LogP contribution >= 0.6 is 23.4 Å². The zero-order valence-electron chi connectivity index (χ0n) is 10.9. The third kappa shape index (κ3) is 4.14. The van der Waals surface area contributed by atoms with E-state index in [1.807, 2.05) is 6.07 Å². The number of nitrogens with two attached hydrogens (primary N) is 1. The van der Waals surface area contributed by atoms with Crippen LogP contribution < -0.4 is 5.73 Å². The lowest BCUT2D eigenvalue weighted by atomic mass is 10.1. The molecule has 0 amide bonds. The quantitative estimate of drug-likeness (QED) is 0.672. The van der Waals surface area contributed by atoms with E-state index in [1.54, 1.807) is 12.1 Å². The molecule has 2 rings (SSSR count). The number of hydrogen-bond acceptors (Lipinski definition) is 5. The van der Waals surface area contributed by atoms with Crippen molar-refractivity contribution >= 4 is 29.1 Å². The number of aromatic nitrogens is 2. The fraction of sp³-hybridized carbons (Fsp3) is 0.385. The summed E-state index contributed by atoms with van der Waals surface area (Å²) in [6, 6.07) is 5.41. The maximum Gasteiger partial charge on any atom is 0.237 e. The first-order valence-electron chi connectivity index (χ1n) is 6.04. The Labute approximate surface area is 121 Å². The molecule has 0 aliphatic rings. The van der Waals surface area contributed by atoms with Gasteiger partial charge < -0.3 is 10.3 Å². The normalized spacial score (nSPS) is 11.2. The van der Waals surface area contributed by atoms with Crippen LogP contribution in [-0.4, -0.2) is 10.1 Å². The molecular formula is C13H16ClN3OS. The predicted octanol–water partition coefficient (Wildman–Crippen LogP) is 3.80. The van der Waals surface area contributed by atoms with Gasteiger partial charge in [0.2, 0.25) is 5.89 Å². The summed E-state index contributed by atoms with van der Waals surface area (Å²) >= 11 is 7.63. The molecule has 0 fully saturated rings. The average Bonchev–Trinajstić information content (AvgIpc) is 2.77. The number of thioether (sulfide) groups is 1. The standard InChI is InChI=1S/C13H16ClN3OS/c1-8(2)5-12-16-13(18-17-12)7-19-11-6-9(15)3-4-10(11)14/h3-4,6,8H,5,7,15H2,1-2H3.